The Bertz CT molecular complexity index is 466. The summed E-state index contributed by atoms with van der Waals surface area (Å²) in [5.41, 5.74) is 6.34. The molecule has 5 heteroatoms. The van der Waals surface area contributed by atoms with Crippen LogP contribution in [0.4, 0.5) is 0 Å². The van der Waals surface area contributed by atoms with E-state index in [-0.39, 0.29) is 0 Å². The van der Waals surface area contributed by atoms with Crippen molar-refractivity contribution in [2.24, 2.45) is 5.73 Å². The van der Waals surface area contributed by atoms with Gasteiger partial charge in [0.2, 0.25) is 0 Å². The highest BCUT2D eigenvalue weighted by Gasteiger charge is 2.07. The van der Waals surface area contributed by atoms with Crippen LogP contribution in [0.5, 0.6) is 0 Å². The standard InChI is InChI=1S/C9H9BrClN3/c10-6-1-2-7-8(5-6)13-14(4-3-12)9(7)11/h1-2,5H,3-4,12H2. The number of halogens is 2. The second-order valence-corrected chi connectivity index (χ2v) is 4.24. The van der Waals surface area contributed by atoms with E-state index in [9.17, 15) is 0 Å². The fraction of sp³-hybridized carbons (Fsp3) is 0.222. The molecule has 0 spiro atoms. The third-order valence-electron chi connectivity index (χ3n) is 1.98. The zero-order chi connectivity index (χ0) is 10.1. The van der Waals surface area contributed by atoms with Gasteiger partial charge in [-0.15, -0.1) is 0 Å². The van der Waals surface area contributed by atoms with Gasteiger partial charge in [0, 0.05) is 16.4 Å². The van der Waals surface area contributed by atoms with Crippen molar-refractivity contribution in [3.8, 4) is 0 Å². The summed E-state index contributed by atoms with van der Waals surface area (Å²) in [5, 5.41) is 5.95. The van der Waals surface area contributed by atoms with Gasteiger partial charge in [0.1, 0.15) is 5.15 Å². The van der Waals surface area contributed by atoms with E-state index in [0.29, 0.717) is 18.2 Å². The Morgan fingerprint density at radius 3 is 3.00 bits per heavy atom. The van der Waals surface area contributed by atoms with E-state index in [0.717, 1.165) is 15.4 Å². The lowest BCUT2D eigenvalue weighted by molar-refractivity contribution is 0.632. The van der Waals surface area contributed by atoms with E-state index < -0.39 is 0 Å². The number of fused-ring (bicyclic) bond motifs is 1. The summed E-state index contributed by atoms with van der Waals surface area (Å²) in [6.45, 7) is 1.18. The fourth-order valence-corrected chi connectivity index (χ4v) is 1.98. The molecule has 0 bridgehead atoms. The number of nitrogens with zero attached hydrogens (tertiary/aromatic N) is 2. The van der Waals surface area contributed by atoms with Crippen molar-refractivity contribution in [1.29, 1.82) is 0 Å². The van der Waals surface area contributed by atoms with Crippen LogP contribution < -0.4 is 5.73 Å². The lowest BCUT2D eigenvalue weighted by atomic mass is 10.3. The predicted octanol–water partition coefficient (Wildman–Crippen LogP) is 2.41. The molecule has 3 nitrogen and oxygen atoms in total. The molecule has 0 amide bonds. The van der Waals surface area contributed by atoms with Gasteiger partial charge in [-0.25, -0.2) is 0 Å². The smallest absolute Gasteiger partial charge is 0.134 e. The van der Waals surface area contributed by atoms with E-state index in [1.807, 2.05) is 18.2 Å². The third kappa shape index (κ3) is 1.65. The van der Waals surface area contributed by atoms with Crippen LogP contribution in [0, 0.1) is 0 Å². The van der Waals surface area contributed by atoms with Crippen LogP contribution in [0.15, 0.2) is 22.7 Å². The van der Waals surface area contributed by atoms with Crippen LogP contribution in [0.2, 0.25) is 5.15 Å². The minimum Gasteiger partial charge on any atom is -0.329 e. The Balaban J connectivity index is 2.61. The van der Waals surface area contributed by atoms with Crippen molar-refractivity contribution < 1.29 is 0 Å². The Kier molecular flexibility index (Phi) is 2.76. The van der Waals surface area contributed by atoms with E-state index in [1.165, 1.54) is 0 Å². The molecule has 2 N–H and O–H groups in total. The summed E-state index contributed by atoms with van der Waals surface area (Å²) in [5.74, 6) is 0. The van der Waals surface area contributed by atoms with Crippen LogP contribution in [0.3, 0.4) is 0 Å². The Morgan fingerprint density at radius 2 is 2.29 bits per heavy atom. The highest BCUT2D eigenvalue weighted by molar-refractivity contribution is 9.10. The lowest BCUT2D eigenvalue weighted by Gasteiger charge is -1.97. The zero-order valence-electron chi connectivity index (χ0n) is 7.37. The first-order chi connectivity index (χ1) is 6.72. The quantitative estimate of drug-likeness (QED) is 0.914. The zero-order valence-corrected chi connectivity index (χ0v) is 9.72. The molecular weight excluding hydrogens is 265 g/mol. The first-order valence-electron chi connectivity index (χ1n) is 4.24. The van der Waals surface area contributed by atoms with Crippen molar-refractivity contribution in [2.45, 2.75) is 6.54 Å². The number of benzene rings is 1. The van der Waals surface area contributed by atoms with Gasteiger partial charge in [0.25, 0.3) is 0 Å². The van der Waals surface area contributed by atoms with Gasteiger partial charge in [-0.1, -0.05) is 27.5 Å². The van der Waals surface area contributed by atoms with Gasteiger partial charge in [-0.2, -0.15) is 5.10 Å². The first kappa shape index (κ1) is 9.96. The number of nitrogens with two attached hydrogens (primary N) is 1. The lowest BCUT2D eigenvalue weighted by Crippen LogP contribution is -2.10. The van der Waals surface area contributed by atoms with Crippen molar-refractivity contribution >= 4 is 38.4 Å². The molecule has 0 radical (unpaired) electrons. The summed E-state index contributed by atoms with van der Waals surface area (Å²) in [7, 11) is 0. The fourth-order valence-electron chi connectivity index (χ4n) is 1.35. The van der Waals surface area contributed by atoms with Gasteiger partial charge >= 0.3 is 0 Å². The molecule has 2 aromatic rings. The number of hydrogen-bond donors (Lipinski definition) is 1. The van der Waals surface area contributed by atoms with Crippen molar-refractivity contribution in [1.82, 2.24) is 9.78 Å². The number of hydrogen-bond acceptors (Lipinski definition) is 2. The Labute approximate surface area is 95.0 Å². The van der Waals surface area contributed by atoms with Crippen LogP contribution in [-0.4, -0.2) is 16.3 Å². The molecule has 0 aliphatic carbocycles. The molecular formula is C9H9BrClN3. The average molecular weight is 275 g/mol. The molecule has 0 saturated heterocycles. The Morgan fingerprint density at radius 1 is 1.50 bits per heavy atom. The van der Waals surface area contributed by atoms with E-state index in [4.69, 9.17) is 17.3 Å². The largest absolute Gasteiger partial charge is 0.329 e. The highest BCUT2D eigenvalue weighted by Crippen LogP contribution is 2.25. The minimum atomic E-state index is 0.537. The van der Waals surface area contributed by atoms with Gasteiger partial charge < -0.3 is 5.73 Å². The summed E-state index contributed by atoms with van der Waals surface area (Å²) >= 11 is 9.51. The first-order valence-corrected chi connectivity index (χ1v) is 5.41. The predicted molar refractivity (Wildman–Crippen MR) is 61.5 cm³/mol. The topological polar surface area (TPSA) is 43.8 Å². The average Bonchev–Trinajstić information content (AvgIpc) is 2.44. The molecule has 1 heterocycles. The van der Waals surface area contributed by atoms with Crippen molar-refractivity contribution in [3.05, 3.63) is 27.8 Å². The third-order valence-corrected chi connectivity index (χ3v) is 2.87. The second kappa shape index (κ2) is 3.88. The summed E-state index contributed by atoms with van der Waals surface area (Å²) in [4.78, 5) is 0. The van der Waals surface area contributed by atoms with Crippen molar-refractivity contribution in [2.75, 3.05) is 6.54 Å². The molecule has 1 aromatic carbocycles. The molecule has 0 unspecified atom stereocenters. The van der Waals surface area contributed by atoms with Crippen LogP contribution >= 0.6 is 27.5 Å². The van der Waals surface area contributed by atoms with Crippen molar-refractivity contribution in [3.63, 3.8) is 0 Å². The molecule has 1 aromatic heterocycles. The molecule has 0 saturated carbocycles. The van der Waals surface area contributed by atoms with E-state index in [2.05, 4.69) is 21.0 Å². The Hall–Kier alpha value is -0.580. The molecule has 74 valence electrons. The summed E-state index contributed by atoms with van der Waals surface area (Å²) in [6.07, 6.45) is 0. The molecule has 0 aliphatic heterocycles. The van der Waals surface area contributed by atoms with Crippen LogP contribution in [0.1, 0.15) is 0 Å². The SMILES string of the molecule is NCCn1nc2cc(Br)ccc2c1Cl. The minimum absolute atomic E-state index is 0.537. The molecule has 0 atom stereocenters. The van der Waals surface area contributed by atoms with E-state index >= 15 is 0 Å². The van der Waals surface area contributed by atoms with E-state index in [1.54, 1.807) is 4.68 Å². The second-order valence-electron chi connectivity index (χ2n) is 2.96. The molecule has 14 heavy (non-hydrogen) atoms. The number of rotatable bonds is 2. The number of aromatic nitrogens is 2. The maximum absolute atomic E-state index is 6.12. The molecule has 2 rings (SSSR count). The molecule has 0 fully saturated rings. The van der Waals surface area contributed by atoms with Gasteiger partial charge in [-0.05, 0) is 18.2 Å². The highest BCUT2D eigenvalue weighted by atomic mass is 79.9. The van der Waals surface area contributed by atoms with Gasteiger partial charge in [0.15, 0.2) is 0 Å². The van der Waals surface area contributed by atoms with Crippen LogP contribution in [0.25, 0.3) is 10.9 Å². The summed E-state index contributed by atoms with van der Waals surface area (Å²) in [6, 6.07) is 5.83. The van der Waals surface area contributed by atoms with Gasteiger partial charge in [-0.3, -0.25) is 4.68 Å². The monoisotopic (exact) mass is 273 g/mol. The molecule has 0 aliphatic rings. The maximum atomic E-state index is 6.12. The van der Waals surface area contributed by atoms with Gasteiger partial charge in [0.05, 0.1) is 12.1 Å². The normalized spacial score (nSPS) is 11.1. The maximum Gasteiger partial charge on any atom is 0.134 e. The summed E-state index contributed by atoms with van der Waals surface area (Å²) < 4.78 is 2.72. The van der Waals surface area contributed by atoms with Crippen LogP contribution in [-0.2, 0) is 6.54 Å².